The van der Waals surface area contributed by atoms with Crippen LogP contribution < -0.4 is 14.8 Å². The minimum Gasteiger partial charge on any atom is -0.493 e. The molecule has 154 valence electrons. The van der Waals surface area contributed by atoms with E-state index in [1.54, 1.807) is 31.3 Å². The highest BCUT2D eigenvalue weighted by molar-refractivity contribution is 6.27. The second-order valence-corrected chi connectivity index (χ2v) is 7.79. The van der Waals surface area contributed by atoms with Gasteiger partial charge in [-0.2, -0.15) is 0 Å². The fourth-order valence-corrected chi connectivity index (χ4v) is 4.11. The molecule has 6 nitrogen and oxygen atoms in total. The molecule has 0 bridgehead atoms. The highest BCUT2D eigenvalue weighted by Crippen LogP contribution is 2.38. The lowest BCUT2D eigenvalue weighted by molar-refractivity contribution is -0.140. The molecule has 0 spiro atoms. The van der Waals surface area contributed by atoms with Gasteiger partial charge < -0.3 is 19.7 Å². The molecule has 3 rings (SSSR count). The molecule has 1 N–H and O–H groups in total. The predicted octanol–water partition coefficient (Wildman–Crippen LogP) is 3.42. The van der Waals surface area contributed by atoms with Gasteiger partial charge in [-0.05, 0) is 43.4 Å². The number of hydrogen-bond acceptors (Lipinski definition) is 4. The predicted molar refractivity (Wildman–Crippen MR) is 108 cm³/mol. The molecule has 2 aliphatic carbocycles. The number of carbonyl (C=O) groups excluding carboxylic acids is 2. The Morgan fingerprint density at radius 2 is 1.79 bits per heavy atom. The Kier molecular flexibility index (Phi) is 7.05. The van der Waals surface area contributed by atoms with Crippen LogP contribution in [-0.2, 0) is 9.59 Å². The summed E-state index contributed by atoms with van der Waals surface area (Å²) >= 11 is 5.89. The maximum absolute atomic E-state index is 13.3. The van der Waals surface area contributed by atoms with Crippen molar-refractivity contribution in [2.24, 2.45) is 0 Å². The highest BCUT2D eigenvalue weighted by atomic mass is 35.5. The van der Waals surface area contributed by atoms with Gasteiger partial charge in [0, 0.05) is 12.1 Å². The van der Waals surface area contributed by atoms with Crippen molar-refractivity contribution >= 4 is 23.4 Å². The summed E-state index contributed by atoms with van der Waals surface area (Å²) in [6, 6.07) is 4.87. The molecular weight excluding hydrogens is 380 g/mol. The lowest BCUT2D eigenvalue weighted by Crippen LogP contribution is -2.48. The summed E-state index contributed by atoms with van der Waals surface area (Å²) in [6.07, 6.45) is 7.21. The molecule has 0 radical (unpaired) electrons. The lowest BCUT2D eigenvalue weighted by Gasteiger charge is -2.33. The first-order valence-corrected chi connectivity index (χ1v) is 10.5. The molecule has 7 heteroatoms. The molecule has 0 aromatic heterocycles. The molecule has 28 heavy (non-hydrogen) atoms. The van der Waals surface area contributed by atoms with Crippen molar-refractivity contribution in [3.63, 3.8) is 0 Å². The molecule has 1 atom stereocenters. The third kappa shape index (κ3) is 4.72. The van der Waals surface area contributed by atoms with Crippen LogP contribution in [0.15, 0.2) is 18.2 Å². The number of ether oxygens (including phenoxy) is 2. The van der Waals surface area contributed by atoms with E-state index in [4.69, 9.17) is 21.1 Å². The summed E-state index contributed by atoms with van der Waals surface area (Å²) in [5.74, 6) is 0.605. The van der Waals surface area contributed by atoms with Crippen molar-refractivity contribution in [1.29, 1.82) is 0 Å². The number of nitrogens with zero attached hydrogens (tertiary/aromatic N) is 1. The summed E-state index contributed by atoms with van der Waals surface area (Å²) < 4.78 is 10.7. The van der Waals surface area contributed by atoms with E-state index in [1.807, 2.05) is 6.07 Å². The zero-order valence-corrected chi connectivity index (χ0v) is 17.3. The zero-order valence-electron chi connectivity index (χ0n) is 16.6. The molecule has 0 aliphatic heterocycles. The van der Waals surface area contributed by atoms with Crippen LogP contribution >= 0.6 is 11.6 Å². The molecular formula is C21H29ClN2O4. The standard InChI is InChI=1S/C21H29ClN2O4/c1-27-17-11-8-14(12-18(17)28-2)20(24(16-9-10-16)19(25)13-22)21(26)23-15-6-4-3-5-7-15/h8,11-12,15-16,20H,3-7,9-10,13H2,1-2H3,(H,23,26)/t20-/m1/s1. The average molecular weight is 409 g/mol. The number of carbonyl (C=O) groups is 2. The van der Waals surface area contributed by atoms with E-state index in [2.05, 4.69) is 5.32 Å². The van der Waals surface area contributed by atoms with E-state index in [1.165, 1.54) is 6.42 Å². The monoisotopic (exact) mass is 408 g/mol. The summed E-state index contributed by atoms with van der Waals surface area (Å²) in [7, 11) is 3.12. The Morgan fingerprint density at radius 3 is 2.36 bits per heavy atom. The second kappa shape index (κ2) is 9.50. The molecule has 0 heterocycles. The summed E-state index contributed by atoms with van der Waals surface area (Å²) in [5, 5.41) is 3.18. The fourth-order valence-electron chi connectivity index (χ4n) is 3.97. The van der Waals surface area contributed by atoms with Crippen LogP contribution in [0.5, 0.6) is 11.5 Å². The molecule has 2 saturated carbocycles. The van der Waals surface area contributed by atoms with Crippen LogP contribution in [0.2, 0.25) is 0 Å². The Labute approximate surface area is 171 Å². The van der Waals surface area contributed by atoms with Crippen LogP contribution in [0, 0.1) is 0 Å². The van der Waals surface area contributed by atoms with Gasteiger partial charge in [0.2, 0.25) is 11.8 Å². The molecule has 0 unspecified atom stereocenters. The van der Waals surface area contributed by atoms with E-state index in [0.29, 0.717) is 17.1 Å². The van der Waals surface area contributed by atoms with Gasteiger partial charge in [0.15, 0.2) is 11.5 Å². The van der Waals surface area contributed by atoms with Crippen molar-refractivity contribution in [2.45, 2.75) is 63.1 Å². The first kappa shape index (κ1) is 20.8. The molecule has 2 aliphatic rings. The van der Waals surface area contributed by atoms with Gasteiger partial charge >= 0.3 is 0 Å². The number of methoxy groups -OCH3 is 2. The first-order valence-electron chi connectivity index (χ1n) is 9.98. The zero-order chi connectivity index (χ0) is 20.1. The number of hydrogen-bond donors (Lipinski definition) is 1. The van der Waals surface area contributed by atoms with E-state index >= 15 is 0 Å². The fraction of sp³-hybridized carbons (Fsp3) is 0.619. The van der Waals surface area contributed by atoms with Crippen LogP contribution in [0.3, 0.4) is 0 Å². The molecule has 2 amide bonds. The summed E-state index contributed by atoms with van der Waals surface area (Å²) in [4.78, 5) is 27.6. The van der Waals surface area contributed by atoms with Crippen LogP contribution in [0.1, 0.15) is 56.6 Å². The number of halogens is 1. The van der Waals surface area contributed by atoms with Gasteiger partial charge in [-0.3, -0.25) is 9.59 Å². The van der Waals surface area contributed by atoms with E-state index in [0.717, 1.165) is 38.5 Å². The number of nitrogens with one attached hydrogen (secondary N) is 1. The Balaban J connectivity index is 1.93. The second-order valence-electron chi connectivity index (χ2n) is 7.53. The number of benzene rings is 1. The van der Waals surface area contributed by atoms with Crippen LogP contribution in [0.4, 0.5) is 0 Å². The summed E-state index contributed by atoms with van der Waals surface area (Å²) in [6.45, 7) is 0. The van der Waals surface area contributed by atoms with Gasteiger partial charge in [0.25, 0.3) is 0 Å². The molecule has 0 saturated heterocycles. The normalized spacial score (nSPS) is 18.2. The minimum absolute atomic E-state index is 0.0569. The van der Waals surface area contributed by atoms with E-state index < -0.39 is 6.04 Å². The Hall–Kier alpha value is -1.95. The number of amides is 2. The first-order chi connectivity index (χ1) is 13.6. The van der Waals surface area contributed by atoms with E-state index in [-0.39, 0.29) is 29.8 Å². The Bertz CT molecular complexity index is 702. The van der Waals surface area contributed by atoms with Crippen molar-refractivity contribution in [2.75, 3.05) is 20.1 Å². The average Bonchev–Trinajstić information content (AvgIpc) is 3.56. The van der Waals surface area contributed by atoms with Gasteiger partial charge in [0.05, 0.1) is 14.2 Å². The van der Waals surface area contributed by atoms with Crippen LogP contribution in [-0.4, -0.2) is 48.9 Å². The maximum atomic E-state index is 13.3. The highest BCUT2D eigenvalue weighted by Gasteiger charge is 2.41. The van der Waals surface area contributed by atoms with Gasteiger partial charge in [0.1, 0.15) is 11.9 Å². The Morgan fingerprint density at radius 1 is 1.11 bits per heavy atom. The van der Waals surface area contributed by atoms with Gasteiger partial charge in [-0.25, -0.2) is 0 Å². The summed E-state index contributed by atoms with van der Waals surface area (Å²) in [5.41, 5.74) is 0.705. The smallest absolute Gasteiger partial charge is 0.247 e. The van der Waals surface area contributed by atoms with Crippen molar-refractivity contribution in [1.82, 2.24) is 10.2 Å². The van der Waals surface area contributed by atoms with Crippen LogP contribution in [0.25, 0.3) is 0 Å². The quantitative estimate of drug-likeness (QED) is 0.669. The molecule has 1 aromatic carbocycles. The van der Waals surface area contributed by atoms with Crippen molar-refractivity contribution in [3.05, 3.63) is 23.8 Å². The number of rotatable bonds is 8. The van der Waals surface area contributed by atoms with Gasteiger partial charge in [-0.15, -0.1) is 11.6 Å². The minimum atomic E-state index is -0.722. The SMILES string of the molecule is COc1ccc([C@H](C(=O)NC2CCCCC2)N(C(=O)CCl)C2CC2)cc1OC. The van der Waals surface area contributed by atoms with E-state index in [9.17, 15) is 9.59 Å². The molecule has 1 aromatic rings. The largest absolute Gasteiger partial charge is 0.493 e. The third-order valence-corrected chi connectivity index (χ3v) is 5.77. The lowest BCUT2D eigenvalue weighted by atomic mass is 9.94. The maximum Gasteiger partial charge on any atom is 0.247 e. The topological polar surface area (TPSA) is 67.9 Å². The third-order valence-electron chi connectivity index (χ3n) is 5.54. The molecule has 2 fully saturated rings. The van der Waals surface area contributed by atoms with Gasteiger partial charge in [-0.1, -0.05) is 25.3 Å². The van der Waals surface area contributed by atoms with Crippen molar-refractivity contribution < 1.29 is 19.1 Å². The van der Waals surface area contributed by atoms with Crippen molar-refractivity contribution in [3.8, 4) is 11.5 Å². The number of alkyl halides is 1.